The molecular weight excluding hydrogens is 338 g/mol. The standard InChI is InChI=1S/C20H19N7/c1-13-5-4-7-14(9-13)17-10-18(24-20(22)23-17)19-12-27(26-25-19)11-15-6-2-3-8-16(15)21/h2-10,12H,11,21H2,1H3,(H2,22,23,24). The topological polar surface area (TPSA) is 109 Å². The van der Waals surface area contributed by atoms with E-state index in [1.54, 1.807) is 4.68 Å². The van der Waals surface area contributed by atoms with Crippen LogP contribution in [0.1, 0.15) is 11.1 Å². The summed E-state index contributed by atoms with van der Waals surface area (Å²) in [4.78, 5) is 8.67. The Hall–Kier alpha value is -3.74. The van der Waals surface area contributed by atoms with E-state index in [4.69, 9.17) is 11.5 Å². The van der Waals surface area contributed by atoms with E-state index in [0.29, 0.717) is 17.9 Å². The number of nitrogen functional groups attached to an aromatic ring is 2. The van der Waals surface area contributed by atoms with Crippen molar-refractivity contribution in [3.63, 3.8) is 0 Å². The molecule has 2 aromatic carbocycles. The summed E-state index contributed by atoms with van der Waals surface area (Å²) in [6, 6.07) is 17.6. The predicted octanol–water partition coefficient (Wildman–Crippen LogP) is 2.92. The van der Waals surface area contributed by atoms with Gasteiger partial charge in [0.25, 0.3) is 0 Å². The van der Waals surface area contributed by atoms with E-state index in [9.17, 15) is 0 Å². The molecule has 0 fully saturated rings. The average molecular weight is 357 g/mol. The molecule has 0 unspecified atom stereocenters. The Bertz CT molecular complexity index is 1100. The second-order valence-electron chi connectivity index (χ2n) is 6.37. The molecule has 0 bridgehead atoms. The molecule has 27 heavy (non-hydrogen) atoms. The third-order valence-corrected chi connectivity index (χ3v) is 4.25. The summed E-state index contributed by atoms with van der Waals surface area (Å²) in [5, 5.41) is 8.42. The molecule has 0 spiro atoms. The van der Waals surface area contributed by atoms with Gasteiger partial charge in [0.2, 0.25) is 5.95 Å². The van der Waals surface area contributed by atoms with Crippen molar-refractivity contribution >= 4 is 11.6 Å². The summed E-state index contributed by atoms with van der Waals surface area (Å²) < 4.78 is 1.73. The minimum atomic E-state index is 0.200. The number of para-hydroxylation sites is 1. The van der Waals surface area contributed by atoms with Crippen molar-refractivity contribution in [3.8, 4) is 22.6 Å². The molecule has 4 rings (SSSR count). The molecule has 0 aliphatic heterocycles. The Morgan fingerprint density at radius 2 is 1.70 bits per heavy atom. The van der Waals surface area contributed by atoms with Crippen molar-refractivity contribution in [2.45, 2.75) is 13.5 Å². The molecule has 134 valence electrons. The Kier molecular flexibility index (Phi) is 4.25. The molecule has 7 heteroatoms. The molecule has 0 radical (unpaired) electrons. The van der Waals surface area contributed by atoms with Gasteiger partial charge in [0, 0.05) is 11.3 Å². The van der Waals surface area contributed by atoms with Gasteiger partial charge >= 0.3 is 0 Å². The van der Waals surface area contributed by atoms with Crippen LogP contribution in [0.2, 0.25) is 0 Å². The van der Waals surface area contributed by atoms with Gasteiger partial charge in [0.05, 0.1) is 24.1 Å². The lowest BCUT2D eigenvalue weighted by Gasteiger charge is -2.05. The Labute approximate surface area is 156 Å². The maximum atomic E-state index is 6.00. The van der Waals surface area contributed by atoms with Crippen LogP contribution in [0.5, 0.6) is 0 Å². The Morgan fingerprint density at radius 1 is 0.889 bits per heavy atom. The van der Waals surface area contributed by atoms with Gasteiger partial charge < -0.3 is 11.5 Å². The zero-order valence-electron chi connectivity index (χ0n) is 14.9. The highest BCUT2D eigenvalue weighted by atomic mass is 15.4. The number of aromatic nitrogens is 5. The third-order valence-electron chi connectivity index (χ3n) is 4.25. The zero-order chi connectivity index (χ0) is 18.8. The van der Waals surface area contributed by atoms with Gasteiger partial charge in [-0.2, -0.15) is 0 Å². The maximum Gasteiger partial charge on any atom is 0.221 e. The van der Waals surface area contributed by atoms with E-state index in [1.165, 1.54) is 0 Å². The summed E-state index contributed by atoms with van der Waals surface area (Å²) in [5.74, 6) is 0.200. The first kappa shape index (κ1) is 16.7. The lowest BCUT2D eigenvalue weighted by molar-refractivity contribution is 0.651. The number of rotatable bonds is 4. The second-order valence-corrected chi connectivity index (χ2v) is 6.37. The molecule has 0 aliphatic carbocycles. The summed E-state index contributed by atoms with van der Waals surface area (Å²) in [5.41, 5.74) is 17.8. The van der Waals surface area contributed by atoms with E-state index in [0.717, 1.165) is 28.1 Å². The highest BCUT2D eigenvalue weighted by Gasteiger charge is 2.11. The van der Waals surface area contributed by atoms with E-state index in [1.807, 2.05) is 61.7 Å². The van der Waals surface area contributed by atoms with Crippen molar-refractivity contribution in [1.29, 1.82) is 0 Å². The Morgan fingerprint density at radius 3 is 2.52 bits per heavy atom. The van der Waals surface area contributed by atoms with Crippen molar-refractivity contribution in [2.75, 3.05) is 11.5 Å². The van der Waals surface area contributed by atoms with Crippen molar-refractivity contribution in [1.82, 2.24) is 25.0 Å². The number of nitrogens with two attached hydrogens (primary N) is 2. The van der Waals surface area contributed by atoms with Gasteiger partial charge in [0.15, 0.2) is 0 Å². The summed E-state index contributed by atoms with van der Waals surface area (Å²) >= 11 is 0. The monoisotopic (exact) mass is 357 g/mol. The first-order valence-corrected chi connectivity index (χ1v) is 8.54. The highest BCUT2D eigenvalue weighted by Crippen LogP contribution is 2.24. The average Bonchev–Trinajstić information content (AvgIpc) is 3.12. The van der Waals surface area contributed by atoms with Gasteiger partial charge in [-0.15, -0.1) is 5.10 Å². The molecule has 0 saturated heterocycles. The van der Waals surface area contributed by atoms with Crippen molar-refractivity contribution < 1.29 is 0 Å². The van der Waals surface area contributed by atoms with Gasteiger partial charge in [-0.1, -0.05) is 47.2 Å². The van der Waals surface area contributed by atoms with E-state index >= 15 is 0 Å². The Balaban J connectivity index is 1.66. The van der Waals surface area contributed by atoms with Crippen LogP contribution >= 0.6 is 0 Å². The smallest absolute Gasteiger partial charge is 0.221 e. The molecule has 7 nitrogen and oxygen atoms in total. The molecule has 4 N–H and O–H groups in total. The molecule has 2 aromatic heterocycles. The first-order chi connectivity index (χ1) is 13.1. The minimum Gasteiger partial charge on any atom is -0.398 e. The van der Waals surface area contributed by atoms with Crippen LogP contribution in [0.15, 0.2) is 60.8 Å². The second kappa shape index (κ2) is 6.87. The zero-order valence-corrected chi connectivity index (χ0v) is 14.9. The molecular formula is C20H19N7. The fraction of sp³-hybridized carbons (Fsp3) is 0.100. The number of aryl methyl sites for hydroxylation is 1. The molecule has 0 atom stereocenters. The number of anilines is 2. The van der Waals surface area contributed by atoms with Crippen molar-refractivity contribution in [3.05, 3.63) is 71.9 Å². The van der Waals surface area contributed by atoms with Crippen LogP contribution in [0.4, 0.5) is 11.6 Å². The predicted molar refractivity (Wildman–Crippen MR) is 106 cm³/mol. The molecule has 0 saturated carbocycles. The van der Waals surface area contributed by atoms with Crippen LogP contribution in [0.25, 0.3) is 22.6 Å². The fourth-order valence-corrected chi connectivity index (χ4v) is 2.90. The van der Waals surface area contributed by atoms with Crippen LogP contribution < -0.4 is 11.5 Å². The van der Waals surface area contributed by atoms with Crippen LogP contribution in [-0.4, -0.2) is 25.0 Å². The number of benzene rings is 2. The fourth-order valence-electron chi connectivity index (χ4n) is 2.90. The van der Waals surface area contributed by atoms with Crippen molar-refractivity contribution in [2.24, 2.45) is 0 Å². The summed E-state index contributed by atoms with van der Waals surface area (Å²) in [6.45, 7) is 2.57. The van der Waals surface area contributed by atoms with Gasteiger partial charge in [-0.25, -0.2) is 14.6 Å². The maximum absolute atomic E-state index is 6.00. The quantitative estimate of drug-likeness (QED) is 0.544. The summed E-state index contributed by atoms with van der Waals surface area (Å²) in [6.07, 6.45) is 1.83. The third kappa shape index (κ3) is 3.62. The number of hydrogen-bond acceptors (Lipinski definition) is 6. The first-order valence-electron chi connectivity index (χ1n) is 8.54. The van der Waals surface area contributed by atoms with Crippen LogP contribution in [-0.2, 0) is 6.54 Å². The van der Waals surface area contributed by atoms with E-state index in [2.05, 4.69) is 26.3 Å². The largest absolute Gasteiger partial charge is 0.398 e. The lowest BCUT2D eigenvalue weighted by Crippen LogP contribution is -2.03. The van der Waals surface area contributed by atoms with E-state index in [-0.39, 0.29) is 5.95 Å². The lowest BCUT2D eigenvalue weighted by atomic mass is 10.1. The molecule has 4 aromatic rings. The molecule has 2 heterocycles. The number of hydrogen-bond donors (Lipinski definition) is 2. The molecule has 0 aliphatic rings. The van der Waals surface area contributed by atoms with E-state index < -0.39 is 0 Å². The van der Waals surface area contributed by atoms with Gasteiger partial charge in [-0.3, -0.25) is 0 Å². The van der Waals surface area contributed by atoms with Crippen LogP contribution in [0, 0.1) is 6.92 Å². The van der Waals surface area contributed by atoms with Gasteiger partial charge in [-0.05, 0) is 30.7 Å². The SMILES string of the molecule is Cc1cccc(-c2cc(-c3cn(Cc4ccccc4N)nn3)nc(N)n2)c1. The highest BCUT2D eigenvalue weighted by molar-refractivity contribution is 5.67. The summed E-state index contributed by atoms with van der Waals surface area (Å²) in [7, 11) is 0. The van der Waals surface area contributed by atoms with Crippen LogP contribution in [0.3, 0.4) is 0 Å². The van der Waals surface area contributed by atoms with Gasteiger partial charge in [0.1, 0.15) is 5.69 Å². The molecule has 0 amide bonds. The number of nitrogens with zero attached hydrogens (tertiary/aromatic N) is 5. The minimum absolute atomic E-state index is 0.200. The normalized spacial score (nSPS) is 10.9.